The molecule has 0 saturated carbocycles. The predicted octanol–water partition coefficient (Wildman–Crippen LogP) is 2.49. The molecule has 132 valence electrons. The molecule has 2 N–H and O–H groups in total. The molecule has 0 saturated heterocycles. The standard InChI is InChI=1S/C18H18F2N2O3/c1-11(25-14-6-7-15(19)16(20)9-14)18(24)22(2)10-12-4-3-5-13(8-12)17(21)23/h3-9,11H,10H2,1-2H3,(H2,21,23). The van der Waals surface area contributed by atoms with E-state index in [0.717, 1.165) is 17.7 Å². The molecular weight excluding hydrogens is 330 g/mol. The average molecular weight is 348 g/mol. The lowest BCUT2D eigenvalue weighted by molar-refractivity contribution is -0.137. The van der Waals surface area contributed by atoms with Crippen LogP contribution in [0.5, 0.6) is 5.75 Å². The summed E-state index contributed by atoms with van der Waals surface area (Å²) in [6.45, 7) is 1.76. The lowest BCUT2D eigenvalue weighted by atomic mass is 10.1. The van der Waals surface area contributed by atoms with Crippen LogP contribution in [0.25, 0.3) is 0 Å². The van der Waals surface area contributed by atoms with Gasteiger partial charge in [-0.3, -0.25) is 9.59 Å². The minimum Gasteiger partial charge on any atom is -0.481 e. The molecule has 2 aromatic carbocycles. The molecule has 0 heterocycles. The van der Waals surface area contributed by atoms with Gasteiger partial charge in [0.1, 0.15) is 5.75 Å². The van der Waals surface area contributed by atoms with Crippen LogP contribution in [-0.4, -0.2) is 29.9 Å². The van der Waals surface area contributed by atoms with E-state index in [-0.39, 0.29) is 18.2 Å². The second-order valence-electron chi connectivity index (χ2n) is 5.59. The number of likely N-dealkylation sites (N-methyl/N-ethyl adjacent to an activating group) is 1. The van der Waals surface area contributed by atoms with Gasteiger partial charge in [0.15, 0.2) is 17.7 Å². The van der Waals surface area contributed by atoms with Crippen molar-refractivity contribution in [2.24, 2.45) is 5.73 Å². The topological polar surface area (TPSA) is 72.6 Å². The third-order valence-electron chi connectivity index (χ3n) is 3.56. The summed E-state index contributed by atoms with van der Waals surface area (Å²) in [6, 6.07) is 9.69. The lowest BCUT2D eigenvalue weighted by Gasteiger charge is -2.22. The predicted molar refractivity (Wildman–Crippen MR) is 87.9 cm³/mol. The second kappa shape index (κ2) is 7.74. The number of benzene rings is 2. The van der Waals surface area contributed by atoms with Gasteiger partial charge in [0.2, 0.25) is 5.91 Å². The van der Waals surface area contributed by atoms with Crippen LogP contribution < -0.4 is 10.5 Å². The molecule has 2 aromatic rings. The fraction of sp³-hybridized carbons (Fsp3) is 0.222. The smallest absolute Gasteiger partial charge is 0.263 e. The maximum atomic E-state index is 13.2. The van der Waals surface area contributed by atoms with Crippen molar-refractivity contribution in [3.63, 3.8) is 0 Å². The number of hydrogen-bond donors (Lipinski definition) is 1. The van der Waals surface area contributed by atoms with Gasteiger partial charge in [-0.25, -0.2) is 8.78 Å². The Morgan fingerprint density at radius 1 is 1.16 bits per heavy atom. The highest BCUT2D eigenvalue weighted by Gasteiger charge is 2.20. The Morgan fingerprint density at radius 3 is 2.52 bits per heavy atom. The van der Waals surface area contributed by atoms with Crippen molar-refractivity contribution in [1.82, 2.24) is 4.90 Å². The quantitative estimate of drug-likeness (QED) is 0.872. The number of rotatable bonds is 6. The molecule has 0 aliphatic heterocycles. The van der Waals surface area contributed by atoms with Crippen molar-refractivity contribution < 1.29 is 23.1 Å². The average Bonchev–Trinajstić information content (AvgIpc) is 2.57. The van der Waals surface area contributed by atoms with E-state index < -0.39 is 23.6 Å². The van der Waals surface area contributed by atoms with Crippen molar-refractivity contribution in [2.75, 3.05) is 7.05 Å². The summed E-state index contributed by atoms with van der Waals surface area (Å²) in [7, 11) is 1.57. The van der Waals surface area contributed by atoms with E-state index in [1.54, 1.807) is 31.3 Å². The maximum Gasteiger partial charge on any atom is 0.263 e. The first-order valence-electron chi connectivity index (χ1n) is 7.53. The number of carbonyl (C=O) groups excluding carboxylic acids is 2. The zero-order valence-electron chi connectivity index (χ0n) is 13.8. The number of nitrogens with zero attached hydrogens (tertiary/aromatic N) is 1. The highest BCUT2D eigenvalue weighted by molar-refractivity contribution is 5.92. The van der Waals surface area contributed by atoms with Crippen LogP contribution in [0.2, 0.25) is 0 Å². The molecule has 2 amide bonds. The fourth-order valence-corrected chi connectivity index (χ4v) is 2.29. The summed E-state index contributed by atoms with van der Waals surface area (Å²) in [5, 5.41) is 0. The molecular formula is C18H18F2N2O3. The second-order valence-corrected chi connectivity index (χ2v) is 5.59. The third kappa shape index (κ3) is 4.76. The Bertz CT molecular complexity index is 796. The highest BCUT2D eigenvalue weighted by atomic mass is 19.2. The summed E-state index contributed by atoms with van der Waals surface area (Å²) in [6.07, 6.45) is -0.894. The van der Waals surface area contributed by atoms with Crippen LogP contribution in [0, 0.1) is 11.6 Å². The van der Waals surface area contributed by atoms with Gasteiger partial charge in [-0.2, -0.15) is 0 Å². The van der Waals surface area contributed by atoms with Crippen molar-refractivity contribution >= 4 is 11.8 Å². The van der Waals surface area contributed by atoms with Crippen LogP contribution >= 0.6 is 0 Å². The molecule has 1 atom stereocenters. The normalized spacial score (nSPS) is 11.7. The molecule has 0 fully saturated rings. The molecule has 5 nitrogen and oxygen atoms in total. The summed E-state index contributed by atoms with van der Waals surface area (Å²) in [5.41, 5.74) is 6.31. The van der Waals surface area contributed by atoms with Crippen molar-refractivity contribution in [3.05, 3.63) is 65.2 Å². The molecule has 2 rings (SSSR count). The van der Waals surface area contributed by atoms with Gasteiger partial charge in [0, 0.05) is 25.2 Å². The van der Waals surface area contributed by atoms with Crippen molar-refractivity contribution in [1.29, 1.82) is 0 Å². The highest BCUT2D eigenvalue weighted by Crippen LogP contribution is 2.17. The van der Waals surface area contributed by atoms with E-state index in [9.17, 15) is 18.4 Å². The van der Waals surface area contributed by atoms with Gasteiger partial charge >= 0.3 is 0 Å². The minimum absolute atomic E-state index is 0.0591. The van der Waals surface area contributed by atoms with Gasteiger partial charge < -0.3 is 15.4 Å². The van der Waals surface area contributed by atoms with Crippen LogP contribution in [-0.2, 0) is 11.3 Å². The third-order valence-corrected chi connectivity index (χ3v) is 3.56. The van der Waals surface area contributed by atoms with Gasteiger partial charge in [-0.1, -0.05) is 12.1 Å². The van der Waals surface area contributed by atoms with Gasteiger partial charge in [0.05, 0.1) is 0 Å². The zero-order chi connectivity index (χ0) is 18.6. The van der Waals surface area contributed by atoms with E-state index in [2.05, 4.69) is 0 Å². The maximum absolute atomic E-state index is 13.2. The monoisotopic (exact) mass is 348 g/mol. The molecule has 0 spiro atoms. The Morgan fingerprint density at radius 2 is 1.88 bits per heavy atom. The number of halogens is 2. The number of hydrogen-bond acceptors (Lipinski definition) is 3. The van der Waals surface area contributed by atoms with Gasteiger partial charge in [-0.05, 0) is 36.8 Å². The van der Waals surface area contributed by atoms with Gasteiger partial charge in [0.25, 0.3) is 5.91 Å². The van der Waals surface area contributed by atoms with E-state index in [1.165, 1.54) is 17.9 Å². The molecule has 0 aliphatic carbocycles. The number of carbonyl (C=O) groups is 2. The summed E-state index contributed by atoms with van der Waals surface area (Å²) in [5.74, 6) is -2.88. The van der Waals surface area contributed by atoms with Crippen molar-refractivity contribution in [3.8, 4) is 5.75 Å². The van der Waals surface area contributed by atoms with E-state index >= 15 is 0 Å². The van der Waals surface area contributed by atoms with Crippen LogP contribution in [0.3, 0.4) is 0 Å². The molecule has 0 aromatic heterocycles. The Kier molecular flexibility index (Phi) is 5.69. The largest absolute Gasteiger partial charge is 0.481 e. The van der Waals surface area contributed by atoms with E-state index in [1.807, 2.05) is 0 Å². The molecule has 7 heteroatoms. The number of primary amides is 1. The fourth-order valence-electron chi connectivity index (χ4n) is 2.29. The van der Waals surface area contributed by atoms with E-state index in [4.69, 9.17) is 10.5 Å². The van der Waals surface area contributed by atoms with Crippen LogP contribution in [0.4, 0.5) is 8.78 Å². The summed E-state index contributed by atoms with van der Waals surface area (Å²) >= 11 is 0. The SMILES string of the molecule is CC(Oc1ccc(F)c(F)c1)C(=O)N(C)Cc1cccc(C(N)=O)c1. The van der Waals surface area contributed by atoms with Gasteiger partial charge in [-0.15, -0.1) is 0 Å². The number of nitrogens with two attached hydrogens (primary N) is 1. The molecule has 0 radical (unpaired) electrons. The summed E-state index contributed by atoms with van der Waals surface area (Å²) in [4.78, 5) is 25.0. The first-order valence-corrected chi connectivity index (χ1v) is 7.53. The first kappa shape index (κ1) is 18.4. The minimum atomic E-state index is -1.05. The Hall–Kier alpha value is -2.96. The van der Waals surface area contributed by atoms with Crippen LogP contribution in [0.1, 0.15) is 22.8 Å². The molecule has 25 heavy (non-hydrogen) atoms. The zero-order valence-corrected chi connectivity index (χ0v) is 13.8. The molecule has 1 unspecified atom stereocenters. The Balaban J connectivity index is 2.02. The van der Waals surface area contributed by atoms with Crippen LogP contribution in [0.15, 0.2) is 42.5 Å². The molecule has 0 aliphatic rings. The molecule has 0 bridgehead atoms. The number of amides is 2. The Labute approximate surface area is 144 Å². The summed E-state index contributed by atoms with van der Waals surface area (Å²) < 4.78 is 31.5. The van der Waals surface area contributed by atoms with E-state index in [0.29, 0.717) is 5.56 Å². The van der Waals surface area contributed by atoms with Crippen molar-refractivity contribution in [2.45, 2.75) is 19.6 Å². The number of ether oxygens (including phenoxy) is 1. The lowest BCUT2D eigenvalue weighted by Crippen LogP contribution is -2.37. The first-order chi connectivity index (χ1) is 11.8.